The van der Waals surface area contributed by atoms with E-state index in [2.05, 4.69) is 13.8 Å². The second-order valence-electron chi connectivity index (χ2n) is 6.46. The minimum Gasteiger partial charge on any atom is -0.268 e. The van der Waals surface area contributed by atoms with Crippen LogP contribution < -0.4 is 4.72 Å². The fourth-order valence-corrected chi connectivity index (χ4v) is 4.02. The molecule has 0 atom stereocenters. The van der Waals surface area contributed by atoms with Gasteiger partial charge in [-0.2, -0.15) is 0 Å². The molecule has 1 aliphatic carbocycles. The largest absolute Gasteiger partial charge is 0.268 e. The van der Waals surface area contributed by atoms with E-state index in [9.17, 15) is 22.0 Å². The Kier molecular flexibility index (Phi) is 4.56. The first-order valence-electron chi connectivity index (χ1n) is 7.12. The Labute approximate surface area is 129 Å². The van der Waals surface area contributed by atoms with Gasteiger partial charge in [0.2, 0.25) is 10.0 Å². The summed E-state index contributed by atoms with van der Waals surface area (Å²) in [4.78, 5) is 11.9. The average Bonchev–Trinajstić information content (AvgIpc) is 2.37. The summed E-state index contributed by atoms with van der Waals surface area (Å²) in [5, 5.41) is -0.659. The fraction of sp³-hybridized carbons (Fsp3) is 0.533. The maximum Gasteiger partial charge on any atom is 0.267 e. The van der Waals surface area contributed by atoms with Crippen LogP contribution >= 0.6 is 0 Å². The van der Waals surface area contributed by atoms with Gasteiger partial charge < -0.3 is 0 Å². The van der Waals surface area contributed by atoms with Crippen LogP contribution in [0.15, 0.2) is 18.2 Å². The molecule has 1 amide bonds. The van der Waals surface area contributed by atoms with Crippen molar-refractivity contribution in [2.45, 2.75) is 44.8 Å². The molecule has 1 saturated carbocycles. The lowest BCUT2D eigenvalue weighted by Gasteiger charge is -2.33. The summed E-state index contributed by atoms with van der Waals surface area (Å²) in [6.07, 6.45) is 2.42. The molecule has 1 aromatic carbocycles. The lowest BCUT2D eigenvalue weighted by molar-refractivity contribution is 0.0976. The van der Waals surface area contributed by atoms with Crippen LogP contribution in [0.25, 0.3) is 0 Å². The van der Waals surface area contributed by atoms with Crippen LogP contribution in [-0.4, -0.2) is 19.6 Å². The Morgan fingerprint density at radius 3 is 2.36 bits per heavy atom. The molecular weight excluding hydrogens is 312 g/mol. The predicted molar refractivity (Wildman–Crippen MR) is 78.8 cm³/mol. The van der Waals surface area contributed by atoms with Crippen molar-refractivity contribution >= 4 is 15.9 Å². The number of hydrogen-bond acceptors (Lipinski definition) is 3. The van der Waals surface area contributed by atoms with Crippen molar-refractivity contribution in [2.75, 3.05) is 0 Å². The van der Waals surface area contributed by atoms with Gasteiger partial charge in [0.1, 0.15) is 11.6 Å². The quantitative estimate of drug-likeness (QED) is 0.926. The number of carbonyl (C=O) groups is 1. The van der Waals surface area contributed by atoms with E-state index >= 15 is 0 Å². The molecule has 22 heavy (non-hydrogen) atoms. The normalized spacial score (nSPS) is 18.9. The molecule has 0 heterocycles. The van der Waals surface area contributed by atoms with E-state index in [1.165, 1.54) is 0 Å². The van der Waals surface area contributed by atoms with Crippen molar-refractivity contribution in [3.05, 3.63) is 35.4 Å². The van der Waals surface area contributed by atoms with E-state index in [-0.39, 0.29) is 5.41 Å². The molecule has 0 aliphatic heterocycles. The number of halogens is 2. The van der Waals surface area contributed by atoms with Crippen LogP contribution in [-0.2, 0) is 10.0 Å². The van der Waals surface area contributed by atoms with E-state index in [1.807, 2.05) is 4.72 Å². The van der Waals surface area contributed by atoms with E-state index < -0.39 is 38.4 Å². The smallest absolute Gasteiger partial charge is 0.267 e. The maximum atomic E-state index is 13.5. The Morgan fingerprint density at radius 1 is 1.23 bits per heavy atom. The minimum atomic E-state index is -3.87. The number of rotatable bonds is 3. The lowest BCUT2D eigenvalue weighted by atomic mass is 9.77. The highest BCUT2D eigenvalue weighted by molar-refractivity contribution is 7.90. The summed E-state index contributed by atoms with van der Waals surface area (Å²) in [5.41, 5.74) is -0.389. The van der Waals surface area contributed by atoms with Gasteiger partial charge in [-0.1, -0.05) is 13.8 Å². The van der Waals surface area contributed by atoms with E-state index in [1.54, 1.807) is 0 Å². The second kappa shape index (κ2) is 5.95. The lowest BCUT2D eigenvalue weighted by Crippen LogP contribution is -2.41. The van der Waals surface area contributed by atoms with Crippen molar-refractivity contribution in [3.8, 4) is 0 Å². The summed E-state index contributed by atoms with van der Waals surface area (Å²) in [6.45, 7) is 4.14. The molecule has 122 valence electrons. The summed E-state index contributed by atoms with van der Waals surface area (Å²) in [7, 11) is -3.87. The van der Waals surface area contributed by atoms with Crippen LogP contribution in [0, 0.1) is 17.0 Å². The third-order valence-corrected chi connectivity index (χ3v) is 5.95. The zero-order valence-corrected chi connectivity index (χ0v) is 13.3. The molecule has 0 spiro atoms. The van der Waals surface area contributed by atoms with Gasteiger partial charge in [0, 0.05) is 6.07 Å². The monoisotopic (exact) mass is 331 g/mol. The summed E-state index contributed by atoms with van der Waals surface area (Å²) in [6, 6.07) is 2.39. The Balaban J connectivity index is 2.10. The third-order valence-electron chi connectivity index (χ3n) is 4.14. The second-order valence-corrected chi connectivity index (χ2v) is 8.42. The first-order chi connectivity index (χ1) is 10.1. The molecule has 0 radical (unpaired) electrons. The summed E-state index contributed by atoms with van der Waals surface area (Å²) >= 11 is 0. The molecule has 1 N–H and O–H groups in total. The molecule has 0 aromatic heterocycles. The van der Waals surface area contributed by atoms with Gasteiger partial charge in [0.25, 0.3) is 5.91 Å². The van der Waals surface area contributed by atoms with Crippen LogP contribution in [0.4, 0.5) is 8.78 Å². The summed E-state index contributed by atoms with van der Waals surface area (Å²) in [5.74, 6) is -2.98. The van der Waals surface area contributed by atoms with Crippen LogP contribution in [0.1, 0.15) is 49.9 Å². The predicted octanol–water partition coefficient (Wildman–Crippen LogP) is 2.99. The van der Waals surface area contributed by atoms with Gasteiger partial charge in [-0.25, -0.2) is 21.9 Å². The first-order valence-corrected chi connectivity index (χ1v) is 8.66. The highest BCUT2D eigenvalue weighted by atomic mass is 32.2. The number of sulfonamides is 1. The van der Waals surface area contributed by atoms with Gasteiger partial charge in [0.05, 0.1) is 10.8 Å². The number of amides is 1. The standard InChI is InChI=1S/C15H19F2NO3S/c1-15(2)7-5-11(6-8-15)22(20,21)18-14(19)12-4-3-10(16)9-13(12)17/h3-4,9,11H,5-8H2,1-2H3,(H,18,19). The maximum absolute atomic E-state index is 13.5. The van der Waals surface area contributed by atoms with Gasteiger partial charge in [-0.15, -0.1) is 0 Å². The van der Waals surface area contributed by atoms with Crippen LogP contribution in [0.2, 0.25) is 0 Å². The van der Waals surface area contributed by atoms with Crippen molar-refractivity contribution < 1.29 is 22.0 Å². The van der Waals surface area contributed by atoms with Crippen molar-refractivity contribution in [3.63, 3.8) is 0 Å². The highest BCUT2D eigenvalue weighted by Gasteiger charge is 2.35. The van der Waals surface area contributed by atoms with Crippen LogP contribution in [0.3, 0.4) is 0 Å². The molecule has 0 bridgehead atoms. The van der Waals surface area contributed by atoms with Gasteiger partial charge in [-0.3, -0.25) is 4.79 Å². The van der Waals surface area contributed by atoms with Crippen LogP contribution in [0.5, 0.6) is 0 Å². The van der Waals surface area contributed by atoms with E-state index in [0.717, 1.165) is 25.0 Å². The zero-order chi connectivity index (χ0) is 16.5. The molecule has 7 heteroatoms. The summed E-state index contributed by atoms with van der Waals surface area (Å²) < 4.78 is 52.7. The van der Waals surface area contributed by atoms with E-state index in [4.69, 9.17) is 0 Å². The minimum absolute atomic E-state index is 0.0963. The Hall–Kier alpha value is -1.50. The Morgan fingerprint density at radius 2 is 1.82 bits per heavy atom. The first kappa shape index (κ1) is 16.9. The molecule has 4 nitrogen and oxygen atoms in total. The molecule has 1 fully saturated rings. The number of nitrogens with one attached hydrogen (secondary N) is 1. The molecule has 0 unspecified atom stereocenters. The number of benzene rings is 1. The highest BCUT2D eigenvalue weighted by Crippen LogP contribution is 2.37. The fourth-order valence-electron chi connectivity index (χ4n) is 2.62. The van der Waals surface area contributed by atoms with Crippen molar-refractivity contribution in [1.29, 1.82) is 0 Å². The van der Waals surface area contributed by atoms with Gasteiger partial charge in [0.15, 0.2) is 0 Å². The topological polar surface area (TPSA) is 63.2 Å². The molecular formula is C15H19F2NO3S. The molecule has 1 aliphatic rings. The van der Waals surface area contributed by atoms with Gasteiger partial charge >= 0.3 is 0 Å². The van der Waals surface area contributed by atoms with Crippen molar-refractivity contribution in [1.82, 2.24) is 4.72 Å². The number of hydrogen-bond donors (Lipinski definition) is 1. The van der Waals surface area contributed by atoms with E-state index in [0.29, 0.717) is 18.9 Å². The van der Waals surface area contributed by atoms with Crippen molar-refractivity contribution in [2.24, 2.45) is 5.41 Å². The molecule has 0 saturated heterocycles. The molecule has 2 rings (SSSR count). The zero-order valence-electron chi connectivity index (χ0n) is 12.5. The third kappa shape index (κ3) is 3.82. The number of carbonyl (C=O) groups excluding carboxylic acids is 1. The van der Waals surface area contributed by atoms with Gasteiger partial charge in [-0.05, 0) is 43.2 Å². The average molecular weight is 331 g/mol. The molecule has 1 aromatic rings. The Bertz CT molecular complexity index is 676. The SMILES string of the molecule is CC1(C)CCC(S(=O)(=O)NC(=O)c2ccc(F)cc2F)CC1.